The summed E-state index contributed by atoms with van der Waals surface area (Å²) >= 11 is 0. The molecule has 0 unspecified atom stereocenters. The van der Waals surface area contributed by atoms with E-state index in [2.05, 4.69) is 36.3 Å². The third-order valence-electron chi connectivity index (χ3n) is 1.89. The fourth-order valence-corrected chi connectivity index (χ4v) is 1.37. The zero-order chi connectivity index (χ0) is 9.19. The quantitative estimate of drug-likeness (QED) is 0.721. The van der Waals surface area contributed by atoms with Gasteiger partial charge in [-0.3, -0.25) is 0 Å². The summed E-state index contributed by atoms with van der Waals surface area (Å²) in [4.78, 5) is 0. The molecule has 0 aliphatic heterocycles. The van der Waals surface area contributed by atoms with E-state index in [-0.39, 0.29) is 5.54 Å². The lowest BCUT2D eigenvalue weighted by Crippen LogP contribution is -2.38. The Bertz CT molecular complexity index is 251. The van der Waals surface area contributed by atoms with Crippen molar-refractivity contribution in [3.8, 4) is 0 Å². The summed E-state index contributed by atoms with van der Waals surface area (Å²) in [5, 5.41) is 11.2. The molecule has 4 nitrogen and oxygen atoms in total. The maximum atomic E-state index is 4.06. The summed E-state index contributed by atoms with van der Waals surface area (Å²) in [6.45, 7) is 7.21. The van der Waals surface area contributed by atoms with Gasteiger partial charge in [-0.1, -0.05) is 6.92 Å². The van der Waals surface area contributed by atoms with Crippen LogP contribution in [0.5, 0.6) is 0 Å². The highest BCUT2D eigenvalue weighted by Gasteiger charge is 2.23. The van der Waals surface area contributed by atoms with Crippen molar-refractivity contribution in [1.82, 2.24) is 20.1 Å². The molecule has 0 aliphatic carbocycles. The van der Waals surface area contributed by atoms with Gasteiger partial charge in [0.05, 0.1) is 5.54 Å². The Labute approximate surface area is 73.0 Å². The molecule has 0 radical (unpaired) electrons. The first-order chi connectivity index (χ1) is 5.58. The summed E-state index contributed by atoms with van der Waals surface area (Å²) < 4.78 is 1.93. The molecule has 0 fully saturated rings. The van der Waals surface area contributed by atoms with Gasteiger partial charge in [-0.25, -0.2) is 0 Å². The van der Waals surface area contributed by atoms with Gasteiger partial charge in [-0.2, -0.15) is 0 Å². The molecule has 0 saturated heterocycles. The Morgan fingerprint density at radius 3 is 2.67 bits per heavy atom. The maximum absolute atomic E-state index is 4.06. The molecule has 0 aliphatic rings. The van der Waals surface area contributed by atoms with Crippen LogP contribution < -0.4 is 5.32 Å². The molecule has 1 rings (SSSR count). The van der Waals surface area contributed by atoms with Crippen molar-refractivity contribution in [3.05, 3.63) is 12.2 Å². The molecule has 1 aromatic heterocycles. The first kappa shape index (κ1) is 9.19. The molecule has 1 heterocycles. The molecule has 68 valence electrons. The lowest BCUT2D eigenvalue weighted by molar-refractivity contribution is 0.379. The van der Waals surface area contributed by atoms with Crippen LogP contribution in [0.4, 0.5) is 0 Å². The van der Waals surface area contributed by atoms with Crippen molar-refractivity contribution in [1.29, 1.82) is 0 Å². The van der Waals surface area contributed by atoms with Gasteiger partial charge in [-0.05, 0) is 20.4 Å². The Hall–Kier alpha value is -0.900. The number of nitrogens with one attached hydrogen (secondary N) is 1. The topological polar surface area (TPSA) is 42.7 Å². The third-order valence-corrected chi connectivity index (χ3v) is 1.89. The number of rotatable bonds is 3. The van der Waals surface area contributed by atoms with Crippen molar-refractivity contribution in [2.75, 3.05) is 6.54 Å². The summed E-state index contributed by atoms with van der Waals surface area (Å²) in [5.41, 5.74) is -0.0972. The van der Waals surface area contributed by atoms with Crippen LogP contribution in [-0.4, -0.2) is 21.3 Å². The predicted molar refractivity (Wildman–Crippen MR) is 47.7 cm³/mol. The highest BCUT2D eigenvalue weighted by atomic mass is 15.3. The van der Waals surface area contributed by atoms with Gasteiger partial charge >= 0.3 is 0 Å². The molecule has 0 amide bonds. The van der Waals surface area contributed by atoms with Crippen LogP contribution in [-0.2, 0) is 12.6 Å². The van der Waals surface area contributed by atoms with Crippen LogP contribution >= 0.6 is 0 Å². The first-order valence-electron chi connectivity index (χ1n) is 4.17. The molecule has 1 N–H and O–H groups in total. The largest absolute Gasteiger partial charge is 0.319 e. The summed E-state index contributed by atoms with van der Waals surface area (Å²) in [6, 6.07) is 0. The van der Waals surface area contributed by atoms with Crippen molar-refractivity contribution < 1.29 is 0 Å². The second-order valence-electron chi connectivity index (χ2n) is 3.42. The van der Waals surface area contributed by atoms with Gasteiger partial charge in [0.15, 0.2) is 5.82 Å². The minimum absolute atomic E-state index is 0.0972. The molecular weight excluding hydrogens is 152 g/mol. The number of nitrogens with zero attached hydrogens (tertiary/aromatic N) is 3. The fraction of sp³-hybridized carbons (Fsp3) is 0.750. The highest BCUT2D eigenvalue weighted by Crippen LogP contribution is 2.15. The van der Waals surface area contributed by atoms with Crippen LogP contribution in [0.3, 0.4) is 0 Å². The summed E-state index contributed by atoms with van der Waals surface area (Å²) in [7, 11) is 1.95. The molecular formula is C8H16N4. The average molecular weight is 168 g/mol. The number of aromatic nitrogens is 3. The van der Waals surface area contributed by atoms with Crippen molar-refractivity contribution in [3.63, 3.8) is 0 Å². The van der Waals surface area contributed by atoms with Crippen LogP contribution in [0, 0.1) is 0 Å². The Kier molecular flexibility index (Phi) is 2.47. The van der Waals surface area contributed by atoms with E-state index in [9.17, 15) is 0 Å². The molecule has 0 bridgehead atoms. The Balaban J connectivity index is 2.88. The van der Waals surface area contributed by atoms with E-state index in [4.69, 9.17) is 0 Å². The lowest BCUT2D eigenvalue weighted by Gasteiger charge is -2.23. The summed E-state index contributed by atoms with van der Waals surface area (Å²) in [6.07, 6.45) is 1.72. The van der Waals surface area contributed by atoms with Crippen LogP contribution in [0.15, 0.2) is 6.33 Å². The van der Waals surface area contributed by atoms with E-state index in [1.165, 1.54) is 0 Å². The molecule has 0 aromatic carbocycles. The van der Waals surface area contributed by atoms with Gasteiger partial charge in [-0.15, -0.1) is 10.2 Å². The smallest absolute Gasteiger partial charge is 0.152 e. The molecule has 0 saturated carbocycles. The van der Waals surface area contributed by atoms with Crippen LogP contribution in [0.1, 0.15) is 26.6 Å². The number of hydrogen-bond donors (Lipinski definition) is 1. The average Bonchev–Trinajstić information content (AvgIpc) is 2.35. The summed E-state index contributed by atoms with van der Waals surface area (Å²) in [5.74, 6) is 0.962. The third kappa shape index (κ3) is 1.64. The minimum Gasteiger partial charge on any atom is -0.319 e. The monoisotopic (exact) mass is 168 g/mol. The van der Waals surface area contributed by atoms with Crippen molar-refractivity contribution >= 4 is 0 Å². The number of hydrogen-bond acceptors (Lipinski definition) is 3. The molecule has 4 heteroatoms. The molecule has 0 atom stereocenters. The van der Waals surface area contributed by atoms with Gasteiger partial charge < -0.3 is 9.88 Å². The SMILES string of the molecule is CCNC(C)(C)c1nncn1C. The van der Waals surface area contributed by atoms with Gasteiger partial charge in [0.2, 0.25) is 0 Å². The van der Waals surface area contributed by atoms with Gasteiger partial charge in [0.25, 0.3) is 0 Å². The van der Waals surface area contributed by atoms with E-state index in [0.717, 1.165) is 12.4 Å². The lowest BCUT2D eigenvalue weighted by atomic mass is 10.1. The second kappa shape index (κ2) is 3.23. The van der Waals surface area contributed by atoms with Crippen LogP contribution in [0.2, 0.25) is 0 Å². The van der Waals surface area contributed by atoms with Gasteiger partial charge in [0.1, 0.15) is 6.33 Å². The van der Waals surface area contributed by atoms with E-state index in [1.54, 1.807) is 6.33 Å². The normalized spacial score (nSPS) is 12.0. The standard InChI is InChI=1S/C8H16N4/c1-5-9-8(2,3)7-11-10-6-12(7)4/h6,9H,5H2,1-4H3. The van der Waals surface area contributed by atoms with Crippen molar-refractivity contribution in [2.24, 2.45) is 7.05 Å². The van der Waals surface area contributed by atoms with E-state index < -0.39 is 0 Å². The highest BCUT2D eigenvalue weighted by molar-refractivity contribution is 5.01. The van der Waals surface area contributed by atoms with E-state index in [0.29, 0.717) is 0 Å². The predicted octanol–water partition coefficient (Wildman–Crippen LogP) is 0.660. The second-order valence-corrected chi connectivity index (χ2v) is 3.42. The molecule has 1 aromatic rings. The minimum atomic E-state index is -0.0972. The zero-order valence-corrected chi connectivity index (χ0v) is 8.13. The first-order valence-corrected chi connectivity index (χ1v) is 4.17. The van der Waals surface area contributed by atoms with Crippen LogP contribution in [0.25, 0.3) is 0 Å². The molecule has 12 heavy (non-hydrogen) atoms. The fourth-order valence-electron chi connectivity index (χ4n) is 1.37. The molecule has 0 spiro atoms. The van der Waals surface area contributed by atoms with Gasteiger partial charge in [0, 0.05) is 7.05 Å². The van der Waals surface area contributed by atoms with E-state index >= 15 is 0 Å². The van der Waals surface area contributed by atoms with Crippen molar-refractivity contribution in [2.45, 2.75) is 26.3 Å². The zero-order valence-electron chi connectivity index (χ0n) is 8.13. The Morgan fingerprint density at radius 2 is 2.25 bits per heavy atom. The van der Waals surface area contributed by atoms with E-state index in [1.807, 2.05) is 11.6 Å². The maximum Gasteiger partial charge on any atom is 0.152 e. The Morgan fingerprint density at radius 1 is 1.58 bits per heavy atom. The number of aryl methyl sites for hydroxylation is 1.